The number of rotatable bonds is 7. The average Bonchev–Trinajstić information content (AvgIpc) is 2.34. The SMILES string of the molecule is CN(C)CC(C)(C)CNc1nc(NN)nc(N(C)C)n1. The van der Waals surface area contributed by atoms with E-state index in [0.717, 1.165) is 13.1 Å². The molecule has 0 saturated heterocycles. The lowest BCUT2D eigenvalue weighted by atomic mass is 9.93. The molecule has 1 aromatic rings. The van der Waals surface area contributed by atoms with Gasteiger partial charge in [0, 0.05) is 27.2 Å². The van der Waals surface area contributed by atoms with E-state index < -0.39 is 0 Å². The van der Waals surface area contributed by atoms with Gasteiger partial charge in [-0.3, -0.25) is 5.43 Å². The highest BCUT2D eigenvalue weighted by Crippen LogP contribution is 2.17. The van der Waals surface area contributed by atoms with E-state index in [1.807, 2.05) is 14.1 Å². The molecule has 0 fully saturated rings. The standard InChI is InChI=1S/C12H26N8/c1-12(2,8-19(3)4)7-14-9-15-10(18-13)17-11(16-9)20(5)6/h7-8,13H2,1-6H3,(H2,14,15,16,17,18). The Kier molecular flexibility index (Phi) is 5.46. The predicted molar refractivity (Wildman–Crippen MR) is 82.8 cm³/mol. The first-order valence-electron chi connectivity index (χ1n) is 6.52. The molecular weight excluding hydrogens is 256 g/mol. The summed E-state index contributed by atoms with van der Waals surface area (Å²) in [7, 11) is 7.86. The molecule has 4 N–H and O–H groups in total. The Morgan fingerprint density at radius 3 is 2.15 bits per heavy atom. The Morgan fingerprint density at radius 1 is 1.05 bits per heavy atom. The number of aromatic nitrogens is 3. The summed E-state index contributed by atoms with van der Waals surface area (Å²) in [6.45, 7) is 6.10. The minimum atomic E-state index is 0.102. The summed E-state index contributed by atoms with van der Waals surface area (Å²) in [5.74, 6) is 6.80. The van der Waals surface area contributed by atoms with Crippen molar-refractivity contribution in [2.75, 3.05) is 56.9 Å². The van der Waals surface area contributed by atoms with E-state index in [9.17, 15) is 0 Å². The quantitative estimate of drug-likeness (QED) is 0.483. The third kappa shape index (κ3) is 5.14. The Labute approximate surface area is 120 Å². The van der Waals surface area contributed by atoms with Gasteiger partial charge in [0.1, 0.15) is 0 Å². The fourth-order valence-corrected chi connectivity index (χ4v) is 1.94. The number of nitrogens with zero attached hydrogens (tertiary/aromatic N) is 5. The van der Waals surface area contributed by atoms with Crippen LogP contribution < -0.4 is 21.5 Å². The van der Waals surface area contributed by atoms with E-state index >= 15 is 0 Å². The lowest BCUT2D eigenvalue weighted by Gasteiger charge is -2.28. The molecule has 0 atom stereocenters. The van der Waals surface area contributed by atoms with Gasteiger partial charge in [0.15, 0.2) is 0 Å². The van der Waals surface area contributed by atoms with Gasteiger partial charge in [-0.2, -0.15) is 15.0 Å². The molecular formula is C12H26N8. The molecule has 0 aliphatic rings. The van der Waals surface area contributed by atoms with Crippen LogP contribution in [0.5, 0.6) is 0 Å². The van der Waals surface area contributed by atoms with E-state index in [1.165, 1.54) is 0 Å². The summed E-state index contributed by atoms with van der Waals surface area (Å²) in [4.78, 5) is 16.7. The number of nitrogens with two attached hydrogens (primary N) is 1. The smallest absolute Gasteiger partial charge is 0.243 e. The second-order valence-electron chi connectivity index (χ2n) is 6.08. The number of nitrogens with one attached hydrogen (secondary N) is 2. The number of anilines is 3. The zero-order chi connectivity index (χ0) is 15.3. The second kappa shape index (κ2) is 6.67. The van der Waals surface area contributed by atoms with E-state index in [-0.39, 0.29) is 5.41 Å². The lowest BCUT2D eigenvalue weighted by molar-refractivity contribution is 0.254. The first kappa shape index (κ1) is 16.4. The molecule has 8 heteroatoms. The predicted octanol–water partition coefficient (Wildman–Crippen LogP) is 0.223. The maximum absolute atomic E-state index is 5.38. The van der Waals surface area contributed by atoms with Crippen molar-refractivity contribution in [2.45, 2.75) is 13.8 Å². The van der Waals surface area contributed by atoms with Crippen molar-refractivity contribution in [3.8, 4) is 0 Å². The van der Waals surface area contributed by atoms with Crippen molar-refractivity contribution in [2.24, 2.45) is 11.3 Å². The van der Waals surface area contributed by atoms with Crippen LogP contribution in [0.15, 0.2) is 0 Å². The molecule has 0 saturated carbocycles. The maximum Gasteiger partial charge on any atom is 0.243 e. The molecule has 20 heavy (non-hydrogen) atoms. The molecule has 1 rings (SSSR count). The highest BCUT2D eigenvalue weighted by atomic mass is 15.4. The molecule has 1 heterocycles. The van der Waals surface area contributed by atoms with E-state index in [2.05, 4.69) is 58.5 Å². The van der Waals surface area contributed by atoms with E-state index in [0.29, 0.717) is 17.8 Å². The lowest BCUT2D eigenvalue weighted by Crippen LogP contribution is -2.34. The summed E-state index contributed by atoms with van der Waals surface area (Å²) in [6, 6.07) is 0. The van der Waals surface area contributed by atoms with E-state index in [1.54, 1.807) is 4.90 Å². The van der Waals surface area contributed by atoms with Crippen LogP contribution in [0, 0.1) is 5.41 Å². The van der Waals surface area contributed by atoms with Crippen molar-refractivity contribution in [1.82, 2.24) is 19.9 Å². The van der Waals surface area contributed by atoms with Gasteiger partial charge in [-0.15, -0.1) is 0 Å². The monoisotopic (exact) mass is 282 g/mol. The Balaban J connectivity index is 2.79. The summed E-state index contributed by atoms with van der Waals surface area (Å²) in [5, 5.41) is 3.25. The van der Waals surface area contributed by atoms with Gasteiger partial charge in [-0.25, -0.2) is 5.84 Å². The minimum Gasteiger partial charge on any atom is -0.353 e. The first-order valence-corrected chi connectivity index (χ1v) is 6.52. The molecule has 0 radical (unpaired) electrons. The van der Waals surface area contributed by atoms with Crippen LogP contribution in [0.2, 0.25) is 0 Å². The van der Waals surface area contributed by atoms with Gasteiger partial charge in [-0.05, 0) is 19.5 Å². The molecule has 0 aromatic carbocycles. The van der Waals surface area contributed by atoms with Crippen LogP contribution in [0.4, 0.5) is 17.8 Å². The van der Waals surface area contributed by atoms with Crippen LogP contribution in [0.25, 0.3) is 0 Å². The number of hydrazine groups is 1. The van der Waals surface area contributed by atoms with Crippen LogP contribution >= 0.6 is 0 Å². The molecule has 0 bridgehead atoms. The topological polar surface area (TPSA) is 95.2 Å². The highest BCUT2D eigenvalue weighted by Gasteiger charge is 2.19. The van der Waals surface area contributed by atoms with Gasteiger partial charge in [-0.1, -0.05) is 13.8 Å². The Bertz CT molecular complexity index is 429. The van der Waals surface area contributed by atoms with Gasteiger partial charge in [0.05, 0.1) is 0 Å². The summed E-state index contributed by atoms with van der Waals surface area (Å²) < 4.78 is 0. The van der Waals surface area contributed by atoms with Crippen LogP contribution in [0.3, 0.4) is 0 Å². The molecule has 8 nitrogen and oxygen atoms in total. The molecule has 0 unspecified atom stereocenters. The second-order valence-corrected chi connectivity index (χ2v) is 6.08. The third-order valence-corrected chi connectivity index (χ3v) is 2.62. The molecule has 0 spiro atoms. The van der Waals surface area contributed by atoms with E-state index in [4.69, 9.17) is 5.84 Å². The Hall–Kier alpha value is -1.67. The van der Waals surface area contributed by atoms with Crippen molar-refractivity contribution in [3.05, 3.63) is 0 Å². The van der Waals surface area contributed by atoms with Crippen molar-refractivity contribution < 1.29 is 0 Å². The fourth-order valence-electron chi connectivity index (χ4n) is 1.94. The summed E-state index contributed by atoms with van der Waals surface area (Å²) >= 11 is 0. The zero-order valence-electron chi connectivity index (χ0n) is 13.2. The number of hydrogen-bond acceptors (Lipinski definition) is 8. The molecule has 114 valence electrons. The van der Waals surface area contributed by atoms with Gasteiger partial charge >= 0.3 is 0 Å². The summed E-state index contributed by atoms with van der Waals surface area (Å²) in [5.41, 5.74) is 2.56. The fraction of sp³-hybridized carbons (Fsp3) is 0.750. The minimum absolute atomic E-state index is 0.102. The van der Waals surface area contributed by atoms with Crippen molar-refractivity contribution in [3.63, 3.8) is 0 Å². The van der Waals surface area contributed by atoms with Crippen LogP contribution in [-0.2, 0) is 0 Å². The highest BCUT2D eigenvalue weighted by molar-refractivity contribution is 5.42. The number of nitrogen functional groups attached to an aromatic ring is 1. The molecule has 0 aliphatic carbocycles. The summed E-state index contributed by atoms with van der Waals surface area (Å²) in [6.07, 6.45) is 0. The molecule has 0 aliphatic heterocycles. The van der Waals surface area contributed by atoms with Crippen molar-refractivity contribution >= 4 is 17.8 Å². The first-order chi connectivity index (χ1) is 9.23. The van der Waals surface area contributed by atoms with Crippen LogP contribution in [0.1, 0.15) is 13.8 Å². The third-order valence-electron chi connectivity index (χ3n) is 2.62. The van der Waals surface area contributed by atoms with Gasteiger partial charge in [0.25, 0.3) is 0 Å². The van der Waals surface area contributed by atoms with Gasteiger partial charge < -0.3 is 15.1 Å². The normalized spacial score (nSPS) is 11.6. The molecule has 1 aromatic heterocycles. The molecule has 0 amide bonds. The van der Waals surface area contributed by atoms with Crippen LogP contribution in [-0.4, -0.2) is 61.1 Å². The average molecular weight is 282 g/mol. The Morgan fingerprint density at radius 2 is 1.65 bits per heavy atom. The van der Waals surface area contributed by atoms with Crippen molar-refractivity contribution in [1.29, 1.82) is 0 Å². The number of hydrogen-bond donors (Lipinski definition) is 3. The van der Waals surface area contributed by atoms with Gasteiger partial charge in [0.2, 0.25) is 17.8 Å². The largest absolute Gasteiger partial charge is 0.353 e. The zero-order valence-corrected chi connectivity index (χ0v) is 13.2. The maximum atomic E-state index is 5.38.